The number of aromatic amines is 1. The van der Waals surface area contributed by atoms with Gasteiger partial charge >= 0.3 is 0 Å². The van der Waals surface area contributed by atoms with E-state index in [1.165, 1.54) is 4.31 Å². The number of amides is 1. The molecule has 2 saturated heterocycles. The predicted octanol–water partition coefficient (Wildman–Crippen LogP) is 2.35. The van der Waals surface area contributed by atoms with Gasteiger partial charge in [0.15, 0.2) is 0 Å². The molecule has 2 aromatic carbocycles. The first-order valence-electron chi connectivity index (χ1n) is 11.8. The highest BCUT2D eigenvalue weighted by Crippen LogP contribution is 2.37. The maximum atomic E-state index is 13.6. The Hall–Kier alpha value is -3.59. The Morgan fingerprint density at radius 1 is 1.19 bits per heavy atom. The van der Waals surface area contributed by atoms with Gasteiger partial charge < -0.3 is 24.7 Å². The fraction of sp³-hybridized carbons (Fsp3) is 0.360. The summed E-state index contributed by atoms with van der Waals surface area (Å²) in [6, 6.07) is 12.0. The van der Waals surface area contributed by atoms with E-state index in [4.69, 9.17) is 9.47 Å². The van der Waals surface area contributed by atoms with E-state index in [1.54, 1.807) is 25.1 Å². The molecule has 0 aliphatic carbocycles. The van der Waals surface area contributed by atoms with Crippen LogP contribution in [0, 0.1) is 18.3 Å². The normalized spacial score (nSPS) is 20.1. The molecule has 6 rings (SSSR count). The van der Waals surface area contributed by atoms with Crippen molar-refractivity contribution in [2.75, 3.05) is 43.1 Å². The lowest BCUT2D eigenvalue weighted by Gasteiger charge is -2.41. The molecular weight excluding hydrogens is 482 g/mol. The summed E-state index contributed by atoms with van der Waals surface area (Å²) >= 11 is 0. The smallest absolute Gasteiger partial charge is 0.245 e. The average Bonchev–Trinajstić information content (AvgIpc) is 3.19. The van der Waals surface area contributed by atoms with Crippen LogP contribution in [0.1, 0.15) is 17.7 Å². The van der Waals surface area contributed by atoms with E-state index in [0.717, 1.165) is 17.8 Å². The van der Waals surface area contributed by atoms with Gasteiger partial charge in [-0.1, -0.05) is 0 Å². The zero-order chi connectivity index (χ0) is 25.0. The van der Waals surface area contributed by atoms with Crippen molar-refractivity contribution in [1.29, 1.82) is 5.26 Å². The molecule has 0 unspecified atom stereocenters. The van der Waals surface area contributed by atoms with E-state index in [2.05, 4.69) is 15.2 Å². The van der Waals surface area contributed by atoms with Gasteiger partial charge in [0, 0.05) is 23.7 Å². The van der Waals surface area contributed by atoms with Gasteiger partial charge in [0.1, 0.15) is 35.1 Å². The van der Waals surface area contributed by atoms with Gasteiger partial charge in [-0.25, -0.2) is 8.42 Å². The fourth-order valence-corrected chi connectivity index (χ4v) is 6.88. The third-order valence-corrected chi connectivity index (χ3v) is 8.94. The van der Waals surface area contributed by atoms with E-state index in [9.17, 15) is 18.5 Å². The highest BCUT2D eigenvalue weighted by molar-refractivity contribution is 7.89. The van der Waals surface area contributed by atoms with Crippen LogP contribution in [0.2, 0.25) is 0 Å². The summed E-state index contributed by atoms with van der Waals surface area (Å²) in [5.41, 5.74) is 2.92. The van der Waals surface area contributed by atoms with Crippen molar-refractivity contribution < 1.29 is 22.7 Å². The van der Waals surface area contributed by atoms with Gasteiger partial charge in [-0.15, -0.1) is 0 Å². The second-order valence-electron chi connectivity index (χ2n) is 9.35. The number of hydrogen-bond acceptors (Lipinski definition) is 7. The Bertz CT molecular complexity index is 1520. The van der Waals surface area contributed by atoms with Gasteiger partial charge in [-0.2, -0.15) is 9.57 Å². The first-order valence-corrected chi connectivity index (χ1v) is 13.3. The lowest BCUT2D eigenvalue weighted by Crippen LogP contribution is -2.56. The summed E-state index contributed by atoms with van der Waals surface area (Å²) < 4.78 is 39.5. The van der Waals surface area contributed by atoms with Crippen LogP contribution < -0.4 is 15.0 Å². The number of sulfonamides is 1. The number of nitriles is 1. The Labute approximate surface area is 208 Å². The number of nitrogens with zero attached hydrogens (tertiary/aromatic N) is 3. The number of H-pyrrole nitrogens is 1. The standard InChI is InChI=1S/C25H25N5O5S/c1-15-8-16-10-18(12-26)27-24(16)23(9-15)36(32,33)30-5-4-21(30)25(31)28-17-2-3-20-22(11-17)35-7-6-29(20)19-13-34-14-19/h2-3,8-11,19,21,27H,4-7,13-14H2,1H3,(H,28,31)/t21-/m0/s1. The van der Waals surface area contributed by atoms with Gasteiger partial charge in [-0.3, -0.25) is 4.79 Å². The SMILES string of the molecule is Cc1cc(S(=O)(=O)N2CC[C@H]2C(=O)Nc2ccc3c(c2)OCCN3C2COC2)c2[nH]c(C#N)cc2c1. The van der Waals surface area contributed by atoms with E-state index >= 15 is 0 Å². The Morgan fingerprint density at radius 2 is 2.03 bits per heavy atom. The van der Waals surface area contributed by atoms with Crippen LogP contribution in [0.4, 0.5) is 11.4 Å². The molecule has 0 radical (unpaired) electrons. The summed E-state index contributed by atoms with van der Waals surface area (Å²) in [5, 5.41) is 12.7. The van der Waals surface area contributed by atoms with Crippen LogP contribution in [0.5, 0.6) is 5.75 Å². The molecule has 0 saturated carbocycles. The van der Waals surface area contributed by atoms with Crippen LogP contribution in [-0.4, -0.2) is 68.6 Å². The minimum Gasteiger partial charge on any atom is -0.489 e. The van der Waals surface area contributed by atoms with Crippen molar-refractivity contribution in [1.82, 2.24) is 9.29 Å². The molecule has 2 fully saturated rings. The van der Waals surface area contributed by atoms with E-state index < -0.39 is 22.0 Å². The fourth-order valence-electron chi connectivity index (χ4n) is 4.98. The predicted molar refractivity (Wildman–Crippen MR) is 133 cm³/mol. The van der Waals surface area contributed by atoms with Crippen LogP contribution in [0.3, 0.4) is 0 Å². The maximum absolute atomic E-state index is 13.6. The molecule has 0 bridgehead atoms. The monoisotopic (exact) mass is 507 g/mol. The number of aromatic nitrogens is 1. The topological polar surface area (TPSA) is 128 Å². The number of carbonyl (C=O) groups is 1. The Balaban J connectivity index is 1.23. The average molecular weight is 508 g/mol. The molecular formula is C25H25N5O5S. The number of benzene rings is 2. The number of fused-ring (bicyclic) bond motifs is 2. The van der Waals surface area contributed by atoms with E-state index in [1.807, 2.05) is 24.3 Å². The number of nitrogens with one attached hydrogen (secondary N) is 2. The summed E-state index contributed by atoms with van der Waals surface area (Å²) in [4.78, 5) is 18.3. The molecule has 2 N–H and O–H groups in total. The van der Waals surface area contributed by atoms with Crippen molar-refractivity contribution in [2.24, 2.45) is 0 Å². The minimum atomic E-state index is -3.97. The molecule has 10 nitrogen and oxygen atoms in total. The molecule has 11 heteroatoms. The number of ether oxygens (including phenoxy) is 2. The zero-order valence-corrected chi connectivity index (χ0v) is 20.5. The summed E-state index contributed by atoms with van der Waals surface area (Å²) in [7, 11) is -3.97. The molecule has 3 aliphatic heterocycles. The van der Waals surface area contributed by atoms with Crippen LogP contribution in [-0.2, 0) is 19.6 Å². The highest BCUT2D eigenvalue weighted by Gasteiger charge is 2.43. The van der Waals surface area contributed by atoms with Crippen LogP contribution in [0.25, 0.3) is 10.9 Å². The third kappa shape index (κ3) is 3.69. The number of aryl methyl sites for hydroxylation is 1. The van der Waals surface area contributed by atoms with Crippen molar-refractivity contribution in [3.63, 3.8) is 0 Å². The van der Waals surface area contributed by atoms with Gasteiger partial charge in [0.05, 0.1) is 37.0 Å². The largest absolute Gasteiger partial charge is 0.489 e. The first kappa shape index (κ1) is 22.8. The summed E-state index contributed by atoms with van der Waals surface area (Å²) in [6.45, 7) is 4.76. The number of hydrogen-bond donors (Lipinski definition) is 2. The van der Waals surface area contributed by atoms with Crippen LogP contribution >= 0.6 is 0 Å². The van der Waals surface area contributed by atoms with Gasteiger partial charge in [-0.05, 0) is 49.2 Å². The third-order valence-electron chi connectivity index (χ3n) is 7.00. The van der Waals surface area contributed by atoms with Crippen LogP contribution in [0.15, 0.2) is 41.3 Å². The second kappa shape index (κ2) is 8.51. The number of rotatable bonds is 5. The lowest BCUT2D eigenvalue weighted by molar-refractivity contribution is -0.122. The zero-order valence-electron chi connectivity index (χ0n) is 19.7. The first-order chi connectivity index (χ1) is 17.3. The lowest BCUT2D eigenvalue weighted by atomic mass is 10.1. The molecule has 0 spiro atoms. The number of carbonyl (C=O) groups excluding carboxylic acids is 1. The van der Waals surface area contributed by atoms with Crippen molar-refractivity contribution in [3.8, 4) is 11.8 Å². The maximum Gasteiger partial charge on any atom is 0.245 e. The van der Waals surface area contributed by atoms with Crippen molar-refractivity contribution in [3.05, 3.63) is 47.7 Å². The summed E-state index contributed by atoms with van der Waals surface area (Å²) in [6.07, 6.45) is 0.422. The molecule has 36 heavy (non-hydrogen) atoms. The molecule has 3 aliphatic rings. The van der Waals surface area contributed by atoms with E-state index in [0.29, 0.717) is 54.6 Å². The quantitative estimate of drug-likeness (QED) is 0.543. The molecule has 186 valence electrons. The molecule has 1 aromatic heterocycles. The number of anilines is 2. The van der Waals surface area contributed by atoms with Gasteiger partial charge in [0.2, 0.25) is 15.9 Å². The Morgan fingerprint density at radius 3 is 2.72 bits per heavy atom. The molecule has 3 aromatic rings. The highest BCUT2D eigenvalue weighted by atomic mass is 32.2. The van der Waals surface area contributed by atoms with Gasteiger partial charge in [0.25, 0.3) is 0 Å². The minimum absolute atomic E-state index is 0.0683. The van der Waals surface area contributed by atoms with E-state index in [-0.39, 0.29) is 17.1 Å². The molecule has 1 atom stereocenters. The molecule has 4 heterocycles. The summed E-state index contributed by atoms with van der Waals surface area (Å²) in [5.74, 6) is 0.296. The van der Waals surface area contributed by atoms with Crippen molar-refractivity contribution >= 4 is 38.2 Å². The van der Waals surface area contributed by atoms with Crippen molar-refractivity contribution in [2.45, 2.75) is 30.3 Å². The second-order valence-corrected chi connectivity index (χ2v) is 11.2. The Kier molecular flexibility index (Phi) is 5.40. The molecule has 1 amide bonds.